The molecule has 0 aromatic heterocycles. The standard InChI is InChI=1S/C17H21NO4/c19-16(9-12-5-7-22-8-6-12)18-11-14-4-2-1-3-13(14)10-15(18)17(20)21/h1-4,12,15H,5-11H2,(H,20,21)/t15-/m1/s1. The minimum absolute atomic E-state index is 0.0474. The minimum atomic E-state index is -0.921. The number of carbonyl (C=O) groups excluding carboxylic acids is 1. The van der Waals surface area contributed by atoms with Gasteiger partial charge in [0.05, 0.1) is 0 Å². The van der Waals surface area contributed by atoms with Gasteiger partial charge >= 0.3 is 5.97 Å². The molecule has 1 aromatic carbocycles. The van der Waals surface area contributed by atoms with Crippen molar-refractivity contribution < 1.29 is 19.4 Å². The summed E-state index contributed by atoms with van der Waals surface area (Å²) < 4.78 is 5.31. The molecule has 1 fully saturated rings. The van der Waals surface area contributed by atoms with Crippen LogP contribution in [0.15, 0.2) is 24.3 Å². The summed E-state index contributed by atoms with van der Waals surface area (Å²) in [5.41, 5.74) is 2.09. The SMILES string of the molecule is O=C(O)[C@H]1Cc2ccccc2CN1C(=O)CC1CCOCC1. The van der Waals surface area contributed by atoms with Crippen molar-refractivity contribution in [3.05, 3.63) is 35.4 Å². The molecular weight excluding hydrogens is 282 g/mol. The molecule has 0 aliphatic carbocycles. The van der Waals surface area contributed by atoms with Crippen LogP contribution in [0.5, 0.6) is 0 Å². The van der Waals surface area contributed by atoms with Gasteiger partial charge in [0, 0.05) is 32.6 Å². The summed E-state index contributed by atoms with van der Waals surface area (Å²) in [4.78, 5) is 25.7. The molecule has 3 rings (SSSR count). The lowest BCUT2D eigenvalue weighted by atomic mass is 9.91. The molecule has 2 aliphatic rings. The highest BCUT2D eigenvalue weighted by Crippen LogP contribution is 2.26. The predicted octanol–water partition coefficient (Wildman–Crippen LogP) is 1.84. The molecule has 1 N–H and O–H groups in total. The van der Waals surface area contributed by atoms with Crippen molar-refractivity contribution >= 4 is 11.9 Å². The van der Waals surface area contributed by atoms with Crippen LogP contribution in [0.1, 0.15) is 30.4 Å². The Morgan fingerprint density at radius 3 is 2.55 bits per heavy atom. The normalized spacial score (nSPS) is 22.2. The van der Waals surface area contributed by atoms with E-state index in [4.69, 9.17) is 4.74 Å². The van der Waals surface area contributed by atoms with Gasteiger partial charge in [-0.1, -0.05) is 24.3 Å². The summed E-state index contributed by atoms with van der Waals surface area (Å²) in [6, 6.07) is 7.02. The number of hydrogen-bond donors (Lipinski definition) is 1. The third kappa shape index (κ3) is 3.14. The van der Waals surface area contributed by atoms with Crippen molar-refractivity contribution in [3.63, 3.8) is 0 Å². The number of ether oxygens (including phenoxy) is 1. The fourth-order valence-corrected chi connectivity index (χ4v) is 3.32. The molecule has 5 heteroatoms. The number of benzene rings is 1. The van der Waals surface area contributed by atoms with E-state index in [1.165, 1.54) is 0 Å². The summed E-state index contributed by atoms with van der Waals surface area (Å²) in [6.45, 7) is 1.79. The quantitative estimate of drug-likeness (QED) is 0.925. The first-order chi connectivity index (χ1) is 10.6. The lowest BCUT2D eigenvalue weighted by molar-refractivity contribution is -0.152. The first-order valence-corrected chi connectivity index (χ1v) is 7.82. The summed E-state index contributed by atoms with van der Waals surface area (Å²) in [7, 11) is 0. The minimum Gasteiger partial charge on any atom is -0.480 e. The molecule has 2 aliphatic heterocycles. The van der Waals surface area contributed by atoms with Crippen molar-refractivity contribution in [2.24, 2.45) is 5.92 Å². The van der Waals surface area contributed by atoms with Gasteiger partial charge in [0.15, 0.2) is 0 Å². The lowest BCUT2D eigenvalue weighted by Crippen LogP contribution is -2.49. The largest absolute Gasteiger partial charge is 0.480 e. The van der Waals surface area contributed by atoms with Crippen LogP contribution in [0, 0.1) is 5.92 Å². The van der Waals surface area contributed by atoms with E-state index in [0.717, 1.165) is 24.0 Å². The van der Waals surface area contributed by atoms with E-state index in [0.29, 0.717) is 38.5 Å². The van der Waals surface area contributed by atoms with E-state index in [1.54, 1.807) is 4.90 Å². The topological polar surface area (TPSA) is 66.8 Å². The van der Waals surface area contributed by atoms with E-state index >= 15 is 0 Å². The van der Waals surface area contributed by atoms with Crippen LogP contribution in [0.3, 0.4) is 0 Å². The van der Waals surface area contributed by atoms with Gasteiger partial charge in [-0.05, 0) is 29.9 Å². The third-order valence-electron chi connectivity index (χ3n) is 4.66. The molecule has 1 saturated heterocycles. The zero-order valence-corrected chi connectivity index (χ0v) is 12.5. The van der Waals surface area contributed by atoms with Crippen LogP contribution in [-0.2, 0) is 27.3 Å². The second-order valence-electron chi connectivity index (χ2n) is 6.11. The van der Waals surface area contributed by atoms with Gasteiger partial charge in [-0.25, -0.2) is 4.79 Å². The molecule has 0 bridgehead atoms. The van der Waals surface area contributed by atoms with Gasteiger partial charge in [0.2, 0.25) is 5.91 Å². The number of hydrogen-bond acceptors (Lipinski definition) is 3. The zero-order chi connectivity index (χ0) is 15.5. The van der Waals surface area contributed by atoms with Crippen molar-refractivity contribution in [1.29, 1.82) is 0 Å². The van der Waals surface area contributed by atoms with E-state index < -0.39 is 12.0 Å². The van der Waals surface area contributed by atoms with Gasteiger partial charge in [-0.3, -0.25) is 4.79 Å². The Bertz CT molecular complexity index is 566. The number of carboxylic acid groups (broad SMARTS) is 1. The molecule has 22 heavy (non-hydrogen) atoms. The van der Waals surface area contributed by atoms with Crippen molar-refractivity contribution in [2.75, 3.05) is 13.2 Å². The smallest absolute Gasteiger partial charge is 0.326 e. The van der Waals surface area contributed by atoms with E-state index in [9.17, 15) is 14.7 Å². The van der Waals surface area contributed by atoms with Crippen LogP contribution in [0.2, 0.25) is 0 Å². The van der Waals surface area contributed by atoms with Crippen LogP contribution in [-0.4, -0.2) is 41.1 Å². The van der Waals surface area contributed by atoms with Gasteiger partial charge in [0.25, 0.3) is 0 Å². The molecule has 5 nitrogen and oxygen atoms in total. The van der Waals surface area contributed by atoms with Crippen molar-refractivity contribution in [3.8, 4) is 0 Å². The second kappa shape index (κ2) is 6.48. The Labute approximate surface area is 129 Å². The number of amides is 1. The fourth-order valence-electron chi connectivity index (χ4n) is 3.32. The molecule has 0 saturated carbocycles. The van der Waals surface area contributed by atoms with Crippen LogP contribution in [0.25, 0.3) is 0 Å². The third-order valence-corrected chi connectivity index (χ3v) is 4.66. The van der Waals surface area contributed by atoms with Gasteiger partial charge in [-0.2, -0.15) is 0 Å². The molecule has 1 aromatic rings. The lowest BCUT2D eigenvalue weighted by Gasteiger charge is -2.35. The number of aliphatic carboxylic acids is 1. The maximum atomic E-state index is 12.6. The van der Waals surface area contributed by atoms with Crippen molar-refractivity contribution in [2.45, 2.75) is 38.3 Å². The molecular formula is C17H21NO4. The number of rotatable bonds is 3. The van der Waals surface area contributed by atoms with Crippen LogP contribution >= 0.6 is 0 Å². The molecule has 0 unspecified atom stereocenters. The van der Waals surface area contributed by atoms with Gasteiger partial charge in [-0.15, -0.1) is 0 Å². The first kappa shape index (κ1) is 15.0. The molecule has 1 amide bonds. The van der Waals surface area contributed by atoms with Gasteiger partial charge < -0.3 is 14.7 Å². The Hall–Kier alpha value is -1.88. The van der Waals surface area contributed by atoms with Gasteiger partial charge in [0.1, 0.15) is 6.04 Å². The monoisotopic (exact) mass is 303 g/mol. The van der Waals surface area contributed by atoms with Crippen molar-refractivity contribution in [1.82, 2.24) is 4.90 Å². The Morgan fingerprint density at radius 1 is 1.18 bits per heavy atom. The summed E-state index contributed by atoms with van der Waals surface area (Å²) in [5, 5.41) is 9.48. The zero-order valence-electron chi connectivity index (χ0n) is 12.5. The van der Waals surface area contributed by atoms with E-state index in [-0.39, 0.29) is 5.91 Å². The molecule has 2 heterocycles. The Morgan fingerprint density at radius 2 is 1.86 bits per heavy atom. The molecule has 0 radical (unpaired) electrons. The maximum Gasteiger partial charge on any atom is 0.326 e. The average molecular weight is 303 g/mol. The Kier molecular flexibility index (Phi) is 4.43. The predicted molar refractivity (Wildman–Crippen MR) is 80.3 cm³/mol. The molecule has 118 valence electrons. The first-order valence-electron chi connectivity index (χ1n) is 7.82. The molecule has 0 spiro atoms. The van der Waals surface area contributed by atoms with E-state index in [1.807, 2.05) is 24.3 Å². The number of carbonyl (C=O) groups is 2. The van der Waals surface area contributed by atoms with Crippen LogP contribution < -0.4 is 0 Å². The number of nitrogens with zero attached hydrogens (tertiary/aromatic N) is 1. The summed E-state index contributed by atoms with van der Waals surface area (Å²) in [6.07, 6.45) is 2.59. The number of carboxylic acids is 1. The molecule has 1 atom stereocenters. The summed E-state index contributed by atoms with van der Waals surface area (Å²) in [5.74, 6) is -0.656. The maximum absolute atomic E-state index is 12.6. The van der Waals surface area contributed by atoms with E-state index in [2.05, 4.69) is 0 Å². The highest BCUT2D eigenvalue weighted by molar-refractivity contribution is 5.84. The number of fused-ring (bicyclic) bond motifs is 1. The van der Waals surface area contributed by atoms with Crippen LogP contribution in [0.4, 0.5) is 0 Å². The highest BCUT2D eigenvalue weighted by atomic mass is 16.5. The Balaban J connectivity index is 1.75. The second-order valence-corrected chi connectivity index (χ2v) is 6.11. The summed E-state index contributed by atoms with van der Waals surface area (Å²) >= 11 is 0. The highest BCUT2D eigenvalue weighted by Gasteiger charge is 2.35. The fraction of sp³-hybridized carbons (Fsp3) is 0.529. The average Bonchev–Trinajstić information content (AvgIpc) is 2.54.